The Morgan fingerprint density at radius 3 is 2.32 bits per heavy atom. The number of nitrogens with zero attached hydrogens (tertiary/aromatic N) is 1. The Morgan fingerprint density at radius 2 is 1.72 bits per heavy atom. The van der Waals surface area contributed by atoms with Crippen molar-refractivity contribution in [3.8, 4) is 0 Å². The molecule has 6 heteroatoms. The number of hydrogen-bond donors (Lipinski definition) is 1. The van der Waals surface area contributed by atoms with Crippen molar-refractivity contribution in [2.24, 2.45) is 0 Å². The molecule has 0 bridgehead atoms. The first kappa shape index (κ1) is 19.1. The van der Waals surface area contributed by atoms with Gasteiger partial charge in [0.05, 0.1) is 11.4 Å². The Bertz CT molecular complexity index is 859. The molecular formula is C19H24N2O3S. The molecule has 0 atom stereocenters. The van der Waals surface area contributed by atoms with Gasteiger partial charge in [-0.15, -0.1) is 0 Å². The van der Waals surface area contributed by atoms with E-state index in [4.69, 9.17) is 0 Å². The Morgan fingerprint density at radius 1 is 1.08 bits per heavy atom. The van der Waals surface area contributed by atoms with Crippen LogP contribution in [0.2, 0.25) is 0 Å². The van der Waals surface area contributed by atoms with Crippen LogP contribution in [0.3, 0.4) is 0 Å². The lowest BCUT2D eigenvalue weighted by Gasteiger charge is -2.18. The molecule has 0 aliphatic heterocycles. The van der Waals surface area contributed by atoms with E-state index >= 15 is 0 Å². The molecule has 0 aliphatic carbocycles. The Hall–Kier alpha value is -2.18. The molecule has 0 heterocycles. The molecule has 0 aromatic heterocycles. The summed E-state index contributed by atoms with van der Waals surface area (Å²) in [4.78, 5) is 12.5. The molecule has 2 aromatic rings. The van der Waals surface area contributed by atoms with E-state index < -0.39 is 10.0 Å². The lowest BCUT2D eigenvalue weighted by Crippen LogP contribution is -2.35. The predicted molar refractivity (Wildman–Crippen MR) is 100 cm³/mol. The number of hydrogen-bond acceptors (Lipinski definition) is 3. The van der Waals surface area contributed by atoms with Crippen LogP contribution < -0.4 is 5.32 Å². The number of para-hydroxylation sites is 1. The smallest absolute Gasteiger partial charge is 0.243 e. The molecule has 0 saturated heterocycles. The fourth-order valence-electron chi connectivity index (χ4n) is 2.56. The fourth-order valence-corrected chi connectivity index (χ4v) is 3.69. The van der Waals surface area contributed by atoms with Crippen molar-refractivity contribution in [2.45, 2.75) is 32.1 Å². The second-order valence-electron chi connectivity index (χ2n) is 6.08. The van der Waals surface area contributed by atoms with Gasteiger partial charge >= 0.3 is 0 Å². The lowest BCUT2D eigenvalue weighted by atomic mass is 10.1. The summed E-state index contributed by atoms with van der Waals surface area (Å²) >= 11 is 0. The van der Waals surface area contributed by atoms with Gasteiger partial charge in [0.15, 0.2) is 0 Å². The van der Waals surface area contributed by atoms with Gasteiger partial charge in [-0.1, -0.05) is 42.8 Å². The monoisotopic (exact) mass is 360 g/mol. The number of carbonyl (C=O) groups excluding carboxylic acids is 1. The number of benzene rings is 2. The van der Waals surface area contributed by atoms with Gasteiger partial charge in [0.1, 0.15) is 0 Å². The van der Waals surface area contributed by atoms with Gasteiger partial charge in [-0.3, -0.25) is 4.79 Å². The van der Waals surface area contributed by atoms with Crippen LogP contribution in [0.15, 0.2) is 47.4 Å². The Kier molecular flexibility index (Phi) is 5.98. The minimum atomic E-state index is -3.70. The Labute approximate surface area is 149 Å². The third-order valence-electron chi connectivity index (χ3n) is 4.10. The molecule has 134 valence electrons. The zero-order valence-electron chi connectivity index (χ0n) is 15.0. The van der Waals surface area contributed by atoms with E-state index in [2.05, 4.69) is 5.32 Å². The minimum absolute atomic E-state index is 0.179. The van der Waals surface area contributed by atoms with Crippen LogP contribution in [0.5, 0.6) is 0 Å². The van der Waals surface area contributed by atoms with Gasteiger partial charge in [0.25, 0.3) is 0 Å². The number of likely N-dealkylation sites (N-methyl/N-ethyl adjacent to an activating group) is 1. The summed E-state index contributed by atoms with van der Waals surface area (Å²) in [5.41, 5.74) is 3.72. The molecule has 25 heavy (non-hydrogen) atoms. The molecule has 5 nitrogen and oxygen atoms in total. The summed E-state index contributed by atoms with van der Waals surface area (Å²) in [7, 11) is -2.29. The van der Waals surface area contributed by atoms with Gasteiger partial charge in [-0.2, -0.15) is 4.31 Å². The Balaban J connectivity index is 2.14. The lowest BCUT2D eigenvalue weighted by molar-refractivity contribution is -0.116. The van der Waals surface area contributed by atoms with Crippen LogP contribution >= 0.6 is 0 Å². The third kappa shape index (κ3) is 4.46. The highest BCUT2D eigenvalue weighted by Gasteiger charge is 2.23. The molecule has 2 aromatic carbocycles. The van der Waals surface area contributed by atoms with E-state index in [0.717, 1.165) is 33.1 Å². The van der Waals surface area contributed by atoms with Gasteiger partial charge < -0.3 is 5.32 Å². The highest BCUT2D eigenvalue weighted by Crippen LogP contribution is 2.21. The fraction of sp³-hybridized carbons (Fsp3) is 0.316. The van der Waals surface area contributed by atoms with Gasteiger partial charge in [0, 0.05) is 12.7 Å². The van der Waals surface area contributed by atoms with Crippen molar-refractivity contribution in [1.29, 1.82) is 0 Å². The van der Waals surface area contributed by atoms with Crippen LogP contribution in [0.1, 0.15) is 23.6 Å². The molecule has 0 saturated carbocycles. The van der Waals surface area contributed by atoms with Gasteiger partial charge in [0.2, 0.25) is 15.9 Å². The van der Waals surface area contributed by atoms with Gasteiger partial charge in [-0.25, -0.2) is 8.42 Å². The van der Waals surface area contributed by atoms with E-state index in [1.807, 2.05) is 39.0 Å². The van der Waals surface area contributed by atoms with E-state index in [-0.39, 0.29) is 17.3 Å². The first-order valence-corrected chi connectivity index (χ1v) is 9.61. The van der Waals surface area contributed by atoms with Crippen molar-refractivity contribution in [3.05, 3.63) is 59.2 Å². The minimum Gasteiger partial charge on any atom is -0.324 e. The molecule has 0 spiro atoms. The standard InChI is InChI=1S/C19H24N2O3S/c1-5-16-8-6-7-15(3)19(16)20-18(22)13-21(4)25(23,24)17-11-9-14(2)10-12-17/h6-12H,5,13H2,1-4H3,(H,20,22). The molecule has 1 amide bonds. The highest BCUT2D eigenvalue weighted by molar-refractivity contribution is 7.89. The van der Waals surface area contributed by atoms with E-state index in [1.165, 1.54) is 7.05 Å². The zero-order valence-corrected chi connectivity index (χ0v) is 15.9. The number of nitrogens with one attached hydrogen (secondary N) is 1. The van der Waals surface area contributed by atoms with E-state index in [1.54, 1.807) is 24.3 Å². The third-order valence-corrected chi connectivity index (χ3v) is 5.92. The molecular weight excluding hydrogens is 336 g/mol. The molecule has 2 rings (SSSR count). The molecule has 0 fully saturated rings. The maximum absolute atomic E-state index is 12.6. The molecule has 0 unspecified atom stereocenters. The predicted octanol–water partition coefficient (Wildman–Crippen LogP) is 3.13. The maximum Gasteiger partial charge on any atom is 0.243 e. The van der Waals surface area contributed by atoms with Crippen molar-refractivity contribution < 1.29 is 13.2 Å². The highest BCUT2D eigenvalue weighted by atomic mass is 32.2. The van der Waals surface area contributed by atoms with Crippen molar-refractivity contribution in [2.75, 3.05) is 18.9 Å². The summed E-state index contributed by atoms with van der Waals surface area (Å²) in [6.45, 7) is 5.58. The topological polar surface area (TPSA) is 66.5 Å². The number of sulfonamides is 1. The SMILES string of the molecule is CCc1cccc(C)c1NC(=O)CN(C)S(=O)(=O)c1ccc(C)cc1. The number of rotatable bonds is 6. The van der Waals surface area contributed by atoms with Crippen molar-refractivity contribution in [1.82, 2.24) is 4.31 Å². The first-order valence-electron chi connectivity index (χ1n) is 8.17. The number of aryl methyl sites for hydroxylation is 3. The van der Waals surface area contributed by atoms with Crippen LogP contribution in [-0.2, 0) is 21.2 Å². The van der Waals surface area contributed by atoms with E-state index in [0.29, 0.717) is 0 Å². The normalized spacial score (nSPS) is 11.6. The summed E-state index contributed by atoms with van der Waals surface area (Å²) in [6, 6.07) is 12.4. The average Bonchev–Trinajstić information content (AvgIpc) is 2.57. The maximum atomic E-state index is 12.6. The van der Waals surface area contributed by atoms with Crippen LogP contribution in [0.25, 0.3) is 0 Å². The summed E-state index contributed by atoms with van der Waals surface area (Å²) in [5.74, 6) is -0.359. The second-order valence-corrected chi connectivity index (χ2v) is 8.13. The van der Waals surface area contributed by atoms with Crippen molar-refractivity contribution >= 4 is 21.6 Å². The average molecular weight is 360 g/mol. The number of amides is 1. The zero-order chi connectivity index (χ0) is 18.6. The quantitative estimate of drug-likeness (QED) is 0.861. The number of anilines is 1. The summed E-state index contributed by atoms with van der Waals surface area (Å²) in [6.07, 6.45) is 0.787. The molecule has 0 radical (unpaired) electrons. The molecule has 0 aliphatic rings. The largest absolute Gasteiger partial charge is 0.324 e. The summed E-state index contributed by atoms with van der Waals surface area (Å²) < 4.78 is 26.2. The van der Waals surface area contributed by atoms with Crippen LogP contribution in [0, 0.1) is 13.8 Å². The summed E-state index contributed by atoms with van der Waals surface area (Å²) in [5, 5.41) is 2.85. The first-order chi connectivity index (χ1) is 11.8. The van der Waals surface area contributed by atoms with Crippen LogP contribution in [0.4, 0.5) is 5.69 Å². The van der Waals surface area contributed by atoms with Gasteiger partial charge in [-0.05, 0) is 43.5 Å². The molecule has 1 N–H and O–H groups in total. The van der Waals surface area contributed by atoms with Crippen molar-refractivity contribution in [3.63, 3.8) is 0 Å². The second kappa shape index (κ2) is 7.80. The number of carbonyl (C=O) groups is 1. The van der Waals surface area contributed by atoms with E-state index in [9.17, 15) is 13.2 Å². The van der Waals surface area contributed by atoms with Crippen LogP contribution in [-0.4, -0.2) is 32.2 Å².